The van der Waals surface area contributed by atoms with Crippen LogP contribution in [0.3, 0.4) is 0 Å². The van der Waals surface area contributed by atoms with Crippen LogP contribution >= 0.6 is 11.3 Å². The van der Waals surface area contributed by atoms with Gasteiger partial charge in [-0.25, -0.2) is 4.98 Å². The first kappa shape index (κ1) is 51.3. The molecule has 70 heavy (non-hydrogen) atoms. The van der Waals surface area contributed by atoms with Crippen molar-refractivity contribution in [2.24, 2.45) is 11.3 Å². The zero-order chi connectivity index (χ0) is 49.8. The molecular weight excluding hydrogens is 911 g/mol. The molecule has 3 atom stereocenters. The number of aryl methyl sites for hydroxylation is 1. The summed E-state index contributed by atoms with van der Waals surface area (Å²) < 4.78 is 0. The maximum absolute atomic E-state index is 14.1. The number of nitrogens with zero attached hydrogens (tertiary/aromatic N) is 8. The number of rotatable bonds is 17. The number of aliphatic hydroxyl groups is 1. The van der Waals surface area contributed by atoms with Gasteiger partial charge in [-0.1, -0.05) is 63.9 Å². The summed E-state index contributed by atoms with van der Waals surface area (Å²) in [5.41, 5.74) is 5.04. The van der Waals surface area contributed by atoms with E-state index in [2.05, 4.69) is 36.1 Å². The van der Waals surface area contributed by atoms with E-state index in [1.54, 1.807) is 73.1 Å². The Hall–Kier alpha value is -6.60. The molecule has 0 radical (unpaired) electrons. The van der Waals surface area contributed by atoms with Crippen molar-refractivity contribution < 1.29 is 33.9 Å². The van der Waals surface area contributed by atoms with Gasteiger partial charge in [-0.3, -0.25) is 33.8 Å². The van der Waals surface area contributed by atoms with E-state index < -0.39 is 47.7 Å². The standard InChI is InChI=1S/C51H65N11O7S/c1-34-46(70-33-55-34)38-13-10-37(11-14-38)31-54-48(67)41-28-39(63)32-62(41)50(69)47(51(2,3)4)56-44(65)29-45(66)60-26-24-59(25-27-60)42-16-15-40(57-58-42)49(68)61-22-18-35(19-23-61)8-5-6-21-53-43(64)17-12-36-9-7-20-52-30-36/h7,9-17,20,30,33,35,39,41,47,63H,5-6,8,18-19,21-29,31-32H2,1-4H3,(H,53,64)(H,54,67)(H,56,65)/b17-12+/t39-,41+,47-/m1/s1. The molecule has 0 bridgehead atoms. The van der Waals surface area contributed by atoms with Crippen LogP contribution in [0.5, 0.6) is 0 Å². The molecule has 372 valence electrons. The van der Waals surface area contributed by atoms with Gasteiger partial charge in [-0.2, -0.15) is 0 Å². The van der Waals surface area contributed by atoms with Gasteiger partial charge in [-0.15, -0.1) is 21.5 Å². The highest BCUT2D eigenvalue weighted by Crippen LogP contribution is 2.29. The molecule has 3 fully saturated rings. The van der Waals surface area contributed by atoms with Gasteiger partial charge in [0.2, 0.25) is 29.5 Å². The van der Waals surface area contributed by atoms with Gasteiger partial charge in [0.15, 0.2) is 11.5 Å². The van der Waals surface area contributed by atoms with E-state index in [1.807, 2.05) is 53.1 Å². The smallest absolute Gasteiger partial charge is 0.274 e. The monoisotopic (exact) mass is 975 g/mol. The van der Waals surface area contributed by atoms with Gasteiger partial charge >= 0.3 is 0 Å². The average Bonchev–Trinajstić information content (AvgIpc) is 3.99. The third-order valence-electron chi connectivity index (χ3n) is 13.2. The quantitative estimate of drug-likeness (QED) is 0.0670. The minimum absolute atomic E-state index is 0.0600. The van der Waals surface area contributed by atoms with Crippen molar-refractivity contribution in [3.05, 3.63) is 95.0 Å². The number of benzene rings is 1. The van der Waals surface area contributed by atoms with E-state index in [9.17, 15) is 33.9 Å². The maximum atomic E-state index is 14.1. The molecule has 3 aromatic heterocycles. The molecule has 18 nitrogen and oxygen atoms in total. The van der Waals surface area contributed by atoms with Crippen molar-refractivity contribution in [1.82, 2.24) is 50.8 Å². The highest BCUT2D eigenvalue weighted by atomic mass is 32.1. The van der Waals surface area contributed by atoms with Crippen LogP contribution in [0.25, 0.3) is 16.5 Å². The molecule has 1 aromatic carbocycles. The molecule has 7 rings (SSSR count). The fraction of sp³-hybridized carbons (Fsp3) is 0.490. The van der Waals surface area contributed by atoms with Crippen molar-refractivity contribution in [2.75, 3.05) is 57.3 Å². The Labute approximate surface area is 413 Å². The predicted molar refractivity (Wildman–Crippen MR) is 266 cm³/mol. The summed E-state index contributed by atoms with van der Waals surface area (Å²) >= 11 is 1.56. The molecule has 19 heteroatoms. The molecule has 4 aromatic rings. The average molecular weight is 976 g/mol. The zero-order valence-electron chi connectivity index (χ0n) is 40.5. The minimum atomic E-state index is -1.07. The van der Waals surface area contributed by atoms with Gasteiger partial charge < -0.3 is 40.7 Å². The van der Waals surface area contributed by atoms with Crippen LogP contribution in [0, 0.1) is 18.3 Å². The van der Waals surface area contributed by atoms with E-state index in [4.69, 9.17) is 0 Å². The van der Waals surface area contributed by atoms with Crippen LogP contribution < -0.4 is 20.9 Å². The number of carbonyl (C=O) groups is 6. The number of amides is 6. The number of nitrogens with one attached hydrogen (secondary N) is 3. The fourth-order valence-corrected chi connectivity index (χ4v) is 9.91. The van der Waals surface area contributed by atoms with Crippen LogP contribution in [-0.2, 0) is 30.5 Å². The van der Waals surface area contributed by atoms with Crippen molar-refractivity contribution >= 4 is 58.7 Å². The third kappa shape index (κ3) is 13.8. The molecule has 6 amide bonds. The summed E-state index contributed by atoms with van der Waals surface area (Å²) in [6.07, 6.45) is 10.1. The number of anilines is 1. The first-order valence-electron chi connectivity index (χ1n) is 24.2. The number of β-amino-alcohol motifs (C(OH)–C–C–N with tert-alkyl or cyclic N) is 1. The fourth-order valence-electron chi connectivity index (χ4n) is 9.10. The van der Waals surface area contributed by atoms with Gasteiger partial charge in [0, 0.05) is 83.8 Å². The Bertz CT molecular complexity index is 2460. The third-order valence-corrected chi connectivity index (χ3v) is 14.2. The number of carbonyl (C=O) groups excluding carboxylic acids is 6. The first-order valence-corrected chi connectivity index (χ1v) is 25.1. The van der Waals surface area contributed by atoms with Gasteiger partial charge in [-0.05, 0) is 78.5 Å². The highest BCUT2D eigenvalue weighted by Gasteiger charge is 2.44. The van der Waals surface area contributed by atoms with Gasteiger partial charge in [0.1, 0.15) is 18.5 Å². The van der Waals surface area contributed by atoms with Crippen molar-refractivity contribution in [3.63, 3.8) is 0 Å². The number of piperazine rings is 1. The number of aliphatic hydroxyl groups excluding tert-OH is 1. The molecule has 0 unspecified atom stereocenters. The number of aromatic nitrogens is 4. The first-order chi connectivity index (χ1) is 33.6. The molecule has 0 saturated carbocycles. The molecule has 3 aliphatic rings. The van der Waals surface area contributed by atoms with Gasteiger partial charge in [0.05, 0.1) is 22.2 Å². The molecular formula is C51H65N11O7S. The number of unbranched alkanes of at least 4 members (excludes halogenated alkanes) is 1. The topological polar surface area (TPSA) is 223 Å². The number of likely N-dealkylation sites (tertiary alicyclic amines) is 2. The lowest BCUT2D eigenvalue weighted by molar-refractivity contribution is -0.145. The molecule has 0 spiro atoms. The van der Waals surface area contributed by atoms with Crippen molar-refractivity contribution in [2.45, 2.75) is 97.4 Å². The van der Waals surface area contributed by atoms with Crippen LogP contribution in [0.1, 0.15) is 93.0 Å². The number of piperidine rings is 1. The summed E-state index contributed by atoms with van der Waals surface area (Å²) in [7, 11) is 0. The van der Waals surface area contributed by atoms with E-state index in [-0.39, 0.29) is 42.9 Å². The lowest BCUT2D eigenvalue weighted by atomic mass is 9.85. The van der Waals surface area contributed by atoms with Gasteiger partial charge in [0.25, 0.3) is 5.91 Å². The summed E-state index contributed by atoms with van der Waals surface area (Å²) in [4.78, 5) is 96.1. The van der Waals surface area contributed by atoms with E-state index >= 15 is 0 Å². The number of pyridine rings is 1. The highest BCUT2D eigenvalue weighted by molar-refractivity contribution is 7.13. The van der Waals surface area contributed by atoms with E-state index in [1.165, 1.54) is 11.0 Å². The summed E-state index contributed by atoms with van der Waals surface area (Å²) in [5.74, 6) is -1.07. The van der Waals surface area contributed by atoms with Crippen LogP contribution in [0.4, 0.5) is 5.82 Å². The Morgan fingerprint density at radius 3 is 2.31 bits per heavy atom. The molecule has 4 N–H and O–H groups in total. The molecule has 3 saturated heterocycles. The lowest BCUT2D eigenvalue weighted by Crippen LogP contribution is -2.58. The molecule has 0 aliphatic carbocycles. The van der Waals surface area contributed by atoms with Crippen molar-refractivity contribution in [1.29, 1.82) is 0 Å². The summed E-state index contributed by atoms with van der Waals surface area (Å²) in [5, 5.41) is 27.9. The molecule has 3 aliphatic heterocycles. The second kappa shape index (κ2) is 23.8. The Morgan fingerprint density at radius 2 is 1.66 bits per heavy atom. The van der Waals surface area contributed by atoms with Crippen LogP contribution in [0.2, 0.25) is 0 Å². The number of hydrogen-bond acceptors (Lipinski definition) is 13. The molecule has 6 heterocycles. The Balaban J connectivity index is 0.808. The lowest BCUT2D eigenvalue weighted by Gasteiger charge is -2.36. The Morgan fingerprint density at radius 1 is 0.900 bits per heavy atom. The Kier molecular flexibility index (Phi) is 17.4. The van der Waals surface area contributed by atoms with Crippen molar-refractivity contribution in [3.8, 4) is 10.4 Å². The van der Waals surface area contributed by atoms with Crippen LogP contribution in [0.15, 0.2) is 72.5 Å². The summed E-state index contributed by atoms with van der Waals surface area (Å²) in [6.45, 7) is 11.0. The number of thiazole rings is 1. The van der Waals surface area contributed by atoms with Crippen LogP contribution in [-0.4, -0.2) is 146 Å². The normalized spacial score (nSPS) is 18.2. The maximum Gasteiger partial charge on any atom is 0.274 e. The van der Waals surface area contributed by atoms with E-state index in [0.29, 0.717) is 57.5 Å². The largest absolute Gasteiger partial charge is 0.391 e. The second-order valence-electron chi connectivity index (χ2n) is 19.4. The zero-order valence-corrected chi connectivity index (χ0v) is 41.3. The minimum Gasteiger partial charge on any atom is -0.391 e. The van der Waals surface area contributed by atoms with E-state index in [0.717, 1.165) is 59.4 Å². The summed E-state index contributed by atoms with van der Waals surface area (Å²) in [6, 6.07) is 13.0. The number of hydrogen-bond donors (Lipinski definition) is 4. The SMILES string of the molecule is Cc1ncsc1-c1ccc(CNC(=O)[C@@H]2C[C@@H](O)CN2C(=O)[C@@H](NC(=O)CC(=O)N2CCN(c3ccc(C(=O)N4CCC(CCCCNC(=O)/C=C/c5cccnc5)CC4)nn3)CC2)C(C)(C)C)cc1. The second-order valence-corrected chi connectivity index (χ2v) is 20.3. The predicted octanol–water partition coefficient (Wildman–Crippen LogP) is 4.00.